The zero-order valence-corrected chi connectivity index (χ0v) is 13.6. The number of phenols is 1. The Hall–Kier alpha value is -1.80. The van der Waals surface area contributed by atoms with Crippen molar-refractivity contribution in [2.24, 2.45) is 0 Å². The monoisotopic (exact) mass is 285 g/mol. The minimum absolute atomic E-state index is 0.337. The highest BCUT2D eigenvalue weighted by atomic mass is 16.3. The summed E-state index contributed by atoms with van der Waals surface area (Å²) >= 11 is 0. The third kappa shape index (κ3) is 6.01. The summed E-state index contributed by atoms with van der Waals surface area (Å²) in [4.78, 5) is 2.36. The van der Waals surface area contributed by atoms with E-state index in [-0.39, 0.29) is 0 Å². The Bertz CT molecular complexity index is 519. The van der Waals surface area contributed by atoms with Crippen LogP contribution in [0.3, 0.4) is 0 Å². The van der Waals surface area contributed by atoms with E-state index in [0.717, 1.165) is 25.2 Å². The molecule has 0 aliphatic rings. The molecule has 21 heavy (non-hydrogen) atoms. The molecule has 2 aromatic carbocycles. The molecule has 0 heterocycles. The molecule has 0 bridgehead atoms. The Balaban J connectivity index is 0.00000106. The van der Waals surface area contributed by atoms with Gasteiger partial charge in [0.15, 0.2) is 0 Å². The van der Waals surface area contributed by atoms with Gasteiger partial charge in [-0.15, -0.1) is 0 Å². The highest BCUT2D eigenvalue weighted by molar-refractivity contribution is 5.27. The Morgan fingerprint density at radius 3 is 2.10 bits per heavy atom. The second kappa shape index (κ2) is 9.19. The topological polar surface area (TPSA) is 23.5 Å². The first kappa shape index (κ1) is 17.3. The number of rotatable bonds is 5. The van der Waals surface area contributed by atoms with Crippen LogP contribution in [0.15, 0.2) is 48.5 Å². The molecular weight excluding hydrogens is 258 g/mol. The largest absolute Gasteiger partial charge is 0.508 e. The van der Waals surface area contributed by atoms with Gasteiger partial charge in [0.2, 0.25) is 0 Å². The quantitative estimate of drug-likeness (QED) is 0.857. The van der Waals surface area contributed by atoms with Crippen molar-refractivity contribution in [1.29, 1.82) is 0 Å². The van der Waals surface area contributed by atoms with Gasteiger partial charge in [-0.25, -0.2) is 0 Å². The molecule has 1 N–H and O–H groups in total. The van der Waals surface area contributed by atoms with Crippen LogP contribution in [-0.4, -0.2) is 16.6 Å². The smallest absolute Gasteiger partial charge is 0.115 e. The summed E-state index contributed by atoms with van der Waals surface area (Å²) in [5.41, 5.74) is 3.77. The lowest BCUT2D eigenvalue weighted by atomic mass is 10.1. The Morgan fingerprint density at radius 1 is 0.905 bits per heavy atom. The fraction of sp³-hybridized carbons (Fsp3) is 0.368. The lowest BCUT2D eigenvalue weighted by Crippen LogP contribution is -2.22. The van der Waals surface area contributed by atoms with Crippen LogP contribution in [0.2, 0.25) is 0 Å². The van der Waals surface area contributed by atoms with Gasteiger partial charge in [0.1, 0.15) is 5.75 Å². The van der Waals surface area contributed by atoms with E-state index < -0.39 is 0 Å². The zero-order chi connectivity index (χ0) is 15.7. The fourth-order valence-corrected chi connectivity index (χ4v) is 2.14. The van der Waals surface area contributed by atoms with Crippen molar-refractivity contribution in [3.63, 3.8) is 0 Å². The summed E-state index contributed by atoms with van der Waals surface area (Å²) in [6.07, 6.45) is 0. The molecule has 2 heteroatoms. The number of hydrogen-bond donors (Lipinski definition) is 1. The number of aromatic hydroxyl groups is 1. The summed E-state index contributed by atoms with van der Waals surface area (Å²) in [6, 6.07) is 16.1. The van der Waals surface area contributed by atoms with Gasteiger partial charge in [-0.05, 0) is 36.7 Å². The van der Waals surface area contributed by atoms with Crippen molar-refractivity contribution in [2.75, 3.05) is 6.54 Å². The molecule has 0 saturated heterocycles. The van der Waals surface area contributed by atoms with Crippen LogP contribution in [-0.2, 0) is 13.1 Å². The van der Waals surface area contributed by atoms with Gasteiger partial charge in [0.05, 0.1) is 0 Å². The van der Waals surface area contributed by atoms with Crippen molar-refractivity contribution < 1.29 is 5.11 Å². The second-order valence-corrected chi connectivity index (χ2v) is 4.96. The molecule has 0 aliphatic heterocycles. The first-order valence-corrected chi connectivity index (χ1v) is 7.73. The molecule has 0 unspecified atom stereocenters. The van der Waals surface area contributed by atoms with E-state index in [1.807, 2.05) is 26.0 Å². The molecule has 0 aliphatic carbocycles. The molecule has 0 atom stereocenters. The molecule has 0 radical (unpaired) electrons. The average molecular weight is 285 g/mol. The van der Waals surface area contributed by atoms with Gasteiger partial charge in [-0.2, -0.15) is 0 Å². The summed E-state index contributed by atoms with van der Waals surface area (Å²) in [6.45, 7) is 11.1. The molecule has 0 saturated carbocycles. The molecule has 0 spiro atoms. The Labute approximate surface area is 129 Å². The molecule has 2 nitrogen and oxygen atoms in total. The number of benzene rings is 2. The molecule has 2 rings (SSSR count). The second-order valence-electron chi connectivity index (χ2n) is 4.96. The van der Waals surface area contributed by atoms with E-state index in [1.165, 1.54) is 11.1 Å². The molecule has 0 aromatic heterocycles. The lowest BCUT2D eigenvalue weighted by molar-refractivity contribution is 0.271. The number of aryl methyl sites for hydroxylation is 1. The molecule has 0 amide bonds. The van der Waals surface area contributed by atoms with E-state index in [2.05, 4.69) is 49.1 Å². The number of phenolic OH excluding ortho intramolecular Hbond substituents is 1. The number of nitrogens with zero attached hydrogens (tertiary/aromatic N) is 1. The van der Waals surface area contributed by atoms with Crippen LogP contribution in [0.1, 0.15) is 37.5 Å². The van der Waals surface area contributed by atoms with Crippen LogP contribution in [0.25, 0.3) is 0 Å². The maximum Gasteiger partial charge on any atom is 0.115 e. The highest BCUT2D eigenvalue weighted by Crippen LogP contribution is 2.15. The van der Waals surface area contributed by atoms with E-state index in [4.69, 9.17) is 0 Å². The minimum atomic E-state index is 0.337. The van der Waals surface area contributed by atoms with Gasteiger partial charge in [0.25, 0.3) is 0 Å². The summed E-state index contributed by atoms with van der Waals surface area (Å²) in [7, 11) is 0. The average Bonchev–Trinajstić information content (AvgIpc) is 2.51. The van der Waals surface area contributed by atoms with Crippen LogP contribution in [0, 0.1) is 6.92 Å². The first-order valence-electron chi connectivity index (χ1n) is 7.73. The van der Waals surface area contributed by atoms with Crippen molar-refractivity contribution in [2.45, 2.75) is 40.8 Å². The minimum Gasteiger partial charge on any atom is -0.508 e. The normalized spacial score (nSPS) is 10.1. The highest BCUT2D eigenvalue weighted by Gasteiger charge is 2.05. The Kier molecular flexibility index (Phi) is 7.55. The van der Waals surface area contributed by atoms with Gasteiger partial charge in [-0.3, -0.25) is 4.90 Å². The predicted molar refractivity (Wildman–Crippen MR) is 90.4 cm³/mol. The third-order valence-corrected chi connectivity index (χ3v) is 3.29. The van der Waals surface area contributed by atoms with Gasteiger partial charge in [-0.1, -0.05) is 62.7 Å². The zero-order valence-electron chi connectivity index (χ0n) is 13.6. The van der Waals surface area contributed by atoms with E-state index >= 15 is 0 Å². The summed E-state index contributed by atoms with van der Waals surface area (Å²) in [5.74, 6) is 0.337. The van der Waals surface area contributed by atoms with Gasteiger partial charge < -0.3 is 5.11 Å². The van der Waals surface area contributed by atoms with Crippen LogP contribution >= 0.6 is 0 Å². The standard InChI is InChI=1S/C17H21NO.C2H6/c1-3-18(12-15-9-7-14(2)8-10-15)13-16-5-4-6-17(19)11-16;1-2/h4-11,19H,3,12-13H2,1-2H3;1-2H3. The first-order chi connectivity index (χ1) is 10.2. The maximum absolute atomic E-state index is 9.50. The van der Waals surface area contributed by atoms with Crippen LogP contribution in [0.5, 0.6) is 5.75 Å². The lowest BCUT2D eigenvalue weighted by Gasteiger charge is -2.20. The van der Waals surface area contributed by atoms with Crippen molar-refractivity contribution >= 4 is 0 Å². The van der Waals surface area contributed by atoms with E-state index in [0.29, 0.717) is 5.75 Å². The molecule has 0 fully saturated rings. The van der Waals surface area contributed by atoms with Crippen molar-refractivity contribution in [3.05, 3.63) is 65.2 Å². The summed E-state index contributed by atoms with van der Waals surface area (Å²) < 4.78 is 0. The fourth-order valence-electron chi connectivity index (χ4n) is 2.14. The van der Waals surface area contributed by atoms with E-state index in [1.54, 1.807) is 6.07 Å². The number of hydrogen-bond acceptors (Lipinski definition) is 2. The predicted octanol–water partition coefficient (Wildman–Crippen LogP) is 4.75. The molecular formula is C19H27NO. The summed E-state index contributed by atoms with van der Waals surface area (Å²) in [5, 5.41) is 9.50. The molecule has 2 aromatic rings. The van der Waals surface area contributed by atoms with Crippen molar-refractivity contribution in [1.82, 2.24) is 4.90 Å². The van der Waals surface area contributed by atoms with Crippen LogP contribution in [0.4, 0.5) is 0 Å². The van der Waals surface area contributed by atoms with Crippen molar-refractivity contribution in [3.8, 4) is 5.75 Å². The van der Waals surface area contributed by atoms with E-state index in [9.17, 15) is 5.11 Å². The molecule has 114 valence electrons. The third-order valence-electron chi connectivity index (χ3n) is 3.29. The van der Waals surface area contributed by atoms with Gasteiger partial charge in [0, 0.05) is 13.1 Å². The van der Waals surface area contributed by atoms with Gasteiger partial charge >= 0.3 is 0 Å². The Morgan fingerprint density at radius 2 is 1.52 bits per heavy atom. The van der Waals surface area contributed by atoms with Crippen LogP contribution < -0.4 is 0 Å². The SMILES string of the molecule is CC.CCN(Cc1ccc(C)cc1)Cc1cccc(O)c1. The maximum atomic E-state index is 9.50.